The van der Waals surface area contributed by atoms with Gasteiger partial charge in [0.1, 0.15) is 0 Å². The Kier molecular flexibility index (Phi) is 26.8. The van der Waals surface area contributed by atoms with E-state index in [-0.39, 0.29) is 0 Å². The zero-order valence-electron chi connectivity index (χ0n) is 14.1. The Labute approximate surface area is 117 Å². The number of hydrogen-bond donors (Lipinski definition) is 0. The number of rotatable bonds is 4. The molecule has 0 aliphatic heterocycles. The lowest BCUT2D eigenvalue weighted by Gasteiger charge is -2.13. The predicted molar refractivity (Wildman–Crippen MR) is 88.4 cm³/mol. The summed E-state index contributed by atoms with van der Waals surface area (Å²) >= 11 is 0. The summed E-state index contributed by atoms with van der Waals surface area (Å²) in [4.78, 5) is 0. The molecular formula is C18H36. The molecule has 1 atom stereocenters. The van der Waals surface area contributed by atoms with E-state index in [0.717, 1.165) is 5.92 Å². The molecule has 0 saturated carbocycles. The second kappa shape index (κ2) is 21.5. The highest BCUT2D eigenvalue weighted by Crippen LogP contribution is 2.23. The summed E-state index contributed by atoms with van der Waals surface area (Å²) in [6.07, 6.45) is 3.87. The van der Waals surface area contributed by atoms with Crippen LogP contribution in [0, 0.1) is 0 Å². The first kappa shape index (κ1) is 22.4. The van der Waals surface area contributed by atoms with Crippen LogP contribution >= 0.6 is 0 Å². The van der Waals surface area contributed by atoms with Crippen molar-refractivity contribution in [2.24, 2.45) is 0 Å². The second-order valence-corrected chi connectivity index (χ2v) is 3.30. The van der Waals surface area contributed by atoms with Crippen LogP contribution in [0.5, 0.6) is 0 Å². The van der Waals surface area contributed by atoms with Gasteiger partial charge in [-0.2, -0.15) is 0 Å². The van der Waals surface area contributed by atoms with Gasteiger partial charge in [-0.25, -0.2) is 0 Å². The standard InChI is InChI=1S/C12H18.3C2H6/c1-3-8-11(4-2)12-9-6-5-7-10-12;3*1-2/h5-7,9-11H,3-4,8H2,1-2H3;3*1-2H3/t11-;;;/m1.../s1. The average molecular weight is 252 g/mol. The highest BCUT2D eigenvalue weighted by Gasteiger charge is 2.05. The quantitative estimate of drug-likeness (QED) is 0.538. The topological polar surface area (TPSA) is 0 Å². The van der Waals surface area contributed by atoms with Gasteiger partial charge in [0.15, 0.2) is 0 Å². The van der Waals surface area contributed by atoms with Crippen LogP contribution in [0.1, 0.15) is 86.1 Å². The van der Waals surface area contributed by atoms with Crippen molar-refractivity contribution in [3.8, 4) is 0 Å². The van der Waals surface area contributed by atoms with Gasteiger partial charge in [0.25, 0.3) is 0 Å². The third kappa shape index (κ3) is 11.7. The molecule has 0 bridgehead atoms. The molecule has 0 N–H and O–H groups in total. The molecule has 0 aliphatic rings. The molecule has 108 valence electrons. The molecule has 0 fully saturated rings. The van der Waals surface area contributed by atoms with E-state index in [1.165, 1.54) is 24.8 Å². The maximum absolute atomic E-state index is 2.27. The summed E-state index contributed by atoms with van der Waals surface area (Å²) in [7, 11) is 0. The molecule has 0 amide bonds. The van der Waals surface area contributed by atoms with Crippen molar-refractivity contribution < 1.29 is 0 Å². The second-order valence-electron chi connectivity index (χ2n) is 3.30. The first-order chi connectivity index (χ1) is 8.88. The molecule has 0 spiro atoms. The molecule has 0 nitrogen and oxygen atoms in total. The van der Waals surface area contributed by atoms with Gasteiger partial charge in [-0.3, -0.25) is 0 Å². The Morgan fingerprint density at radius 2 is 1.22 bits per heavy atom. The van der Waals surface area contributed by atoms with Crippen LogP contribution in [0.4, 0.5) is 0 Å². The van der Waals surface area contributed by atoms with Crippen molar-refractivity contribution in [1.82, 2.24) is 0 Å². The maximum atomic E-state index is 2.27. The first-order valence-corrected chi connectivity index (χ1v) is 7.93. The van der Waals surface area contributed by atoms with Crippen LogP contribution in [0.15, 0.2) is 30.3 Å². The third-order valence-corrected chi connectivity index (χ3v) is 2.40. The van der Waals surface area contributed by atoms with E-state index in [1.807, 2.05) is 41.5 Å². The minimum absolute atomic E-state index is 0.774. The first-order valence-electron chi connectivity index (χ1n) is 7.93. The van der Waals surface area contributed by atoms with Gasteiger partial charge in [-0.1, -0.05) is 92.1 Å². The lowest BCUT2D eigenvalue weighted by atomic mass is 9.92. The van der Waals surface area contributed by atoms with E-state index < -0.39 is 0 Å². The van der Waals surface area contributed by atoms with Crippen molar-refractivity contribution in [2.75, 3.05) is 0 Å². The van der Waals surface area contributed by atoms with Crippen molar-refractivity contribution in [1.29, 1.82) is 0 Å². The van der Waals surface area contributed by atoms with Gasteiger partial charge in [0.05, 0.1) is 0 Å². The Morgan fingerprint density at radius 1 is 0.778 bits per heavy atom. The van der Waals surface area contributed by atoms with Crippen LogP contribution < -0.4 is 0 Å². The monoisotopic (exact) mass is 252 g/mol. The van der Waals surface area contributed by atoms with Crippen molar-refractivity contribution in [2.45, 2.75) is 80.6 Å². The van der Waals surface area contributed by atoms with E-state index in [9.17, 15) is 0 Å². The molecule has 1 aromatic rings. The van der Waals surface area contributed by atoms with Crippen molar-refractivity contribution >= 4 is 0 Å². The molecule has 0 heteroatoms. The summed E-state index contributed by atoms with van der Waals surface area (Å²) in [5, 5.41) is 0. The SMILES string of the molecule is CC.CC.CC.CCC[C@@H](CC)c1ccccc1. The molecule has 0 unspecified atom stereocenters. The van der Waals surface area contributed by atoms with Gasteiger partial charge >= 0.3 is 0 Å². The Morgan fingerprint density at radius 3 is 1.56 bits per heavy atom. The highest BCUT2D eigenvalue weighted by atomic mass is 14.1. The van der Waals surface area contributed by atoms with Crippen molar-refractivity contribution in [3.05, 3.63) is 35.9 Å². The fourth-order valence-corrected chi connectivity index (χ4v) is 1.68. The molecule has 0 aromatic heterocycles. The maximum Gasteiger partial charge on any atom is -0.0165 e. The summed E-state index contributed by atoms with van der Waals surface area (Å²) in [5.41, 5.74) is 1.50. The molecule has 1 aromatic carbocycles. The molecule has 0 aliphatic carbocycles. The van der Waals surface area contributed by atoms with E-state index >= 15 is 0 Å². The van der Waals surface area contributed by atoms with Crippen LogP contribution in [0.3, 0.4) is 0 Å². The van der Waals surface area contributed by atoms with Crippen LogP contribution in [-0.4, -0.2) is 0 Å². The Bertz CT molecular complexity index is 201. The van der Waals surface area contributed by atoms with Crippen molar-refractivity contribution in [3.63, 3.8) is 0 Å². The zero-order valence-corrected chi connectivity index (χ0v) is 14.1. The van der Waals surface area contributed by atoms with Gasteiger partial charge in [0.2, 0.25) is 0 Å². The molecule has 0 saturated heterocycles. The lowest BCUT2D eigenvalue weighted by molar-refractivity contribution is 0.596. The third-order valence-electron chi connectivity index (χ3n) is 2.40. The Hall–Kier alpha value is -0.780. The van der Waals surface area contributed by atoms with Gasteiger partial charge in [-0.05, 0) is 24.3 Å². The Balaban J connectivity index is -0.000000328. The number of benzene rings is 1. The average Bonchev–Trinajstić information content (AvgIpc) is 2.52. The molecule has 1 rings (SSSR count). The van der Waals surface area contributed by atoms with Crippen LogP contribution in [0.25, 0.3) is 0 Å². The normalized spacial score (nSPS) is 9.56. The van der Waals surface area contributed by atoms with E-state index in [0.29, 0.717) is 0 Å². The fourth-order valence-electron chi connectivity index (χ4n) is 1.68. The van der Waals surface area contributed by atoms with E-state index in [4.69, 9.17) is 0 Å². The lowest BCUT2D eigenvalue weighted by Crippen LogP contribution is -1.95. The molecule has 0 heterocycles. The van der Waals surface area contributed by atoms with Crippen LogP contribution in [-0.2, 0) is 0 Å². The smallest absolute Gasteiger partial charge is 0.0165 e. The summed E-state index contributed by atoms with van der Waals surface area (Å²) < 4.78 is 0. The van der Waals surface area contributed by atoms with Crippen LogP contribution in [0.2, 0.25) is 0 Å². The van der Waals surface area contributed by atoms with Gasteiger partial charge in [0, 0.05) is 0 Å². The number of hydrogen-bond acceptors (Lipinski definition) is 0. The van der Waals surface area contributed by atoms with E-state index in [2.05, 4.69) is 44.2 Å². The largest absolute Gasteiger partial charge is 0.0683 e. The van der Waals surface area contributed by atoms with Gasteiger partial charge < -0.3 is 0 Å². The molecule has 0 radical (unpaired) electrons. The summed E-state index contributed by atoms with van der Waals surface area (Å²) in [6, 6.07) is 10.8. The highest BCUT2D eigenvalue weighted by molar-refractivity contribution is 5.19. The zero-order chi connectivity index (χ0) is 14.8. The summed E-state index contributed by atoms with van der Waals surface area (Å²) in [5.74, 6) is 0.774. The fraction of sp³-hybridized carbons (Fsp3) is 0.667. The minimum atomic E-state index is 0.774. The predicted octanol–water partition coefficient (Wildman–Crippen LogP) is 7.06. The minimum Gasteiger partial charge on any atom is -0.0683 e. The van der Waals surface area contributed by atoms with E-state index in [1.54, 1.807) is 0 Å². The molecule has 18 heavy (non-hydrogen) atoms. The van der Waals surface area contributed by atoms with Gasteiger partial charge in [-0.15, -0.1) is 0 Å². The summed E-state index contributed by atoms with van der Waals surface area (Å²) in [6.45, 7) is 16.5. The molecular weight excluding hydrogens is 216 g/mol.